The molecule has 0 fully saturated rings. The molecule has 2 aliphatic carbocycles. The molecule has 0 aromatic heterocycles. The quantitative estimate of drug-likeness (QED) is 0.296. The average Bonchev–Trinajstić information content (AvgIpc) is 3.29. The number of halogens is 2. The summed E-state index contributed by atoms with van der Waals surface area (Å²) in [7, 11) is 0. The van der Waals surface area contributed by atoms with Crippen molar-refractivity contribution in [2.24, 2.45) is 0 Å². The van der Waals surface area contributed by atoms with Gasteiger partial charge in [0.2, 0.25) is 0 Å². The van der Waals surface area contributed by atoms with Gasteiger partial charge in [-0.15, -0.1) is 24.8 Å². The molecule has 0 heterocycles. The van der Waals surface area contributed by atoms with E-state index in [4.69, 9.17) is 0 Å². The Labute approximate surface area is 201 Å². The first kappa shape index (κ1) is 24.5. The summed E-state index contributed by atoms with van der Waals surface area (Å²) in [5, 5.41) is 0. The number of allylic oxidation sites excluding steroid dienone is 2. The molecule has 3 aromatic rings. The molecule has 31 heavy (non-hydrogen) atoms. The first-order valence-corrected chi connectivity index (χ1v) is 24.2. The fourth-order valence-electron chi connectivity index (χ4n) is 5.95. The van der Waals surface area contributed by atoms with Gasteiger partial charge >= 0.3 is 178 Å². The Hall–Kier alpha value is -1.18. The van der Waals surface area contributed by atoms with Crippen LogP contribution in [0, 0.1) is 0 Å². The monoisotopic (exact) mass is 542 g/mol. The topological polar surface area (TPSA) is 0 Å². The van der Waals surface area contributed by atoms with Crippen molar-refractivity contribution < 1.29 is 17.4 Å². The molecule has 2 unspecified atom stereocenters. The molecule has 5 rings (SSSR count). The molecule has 0 N–H and O–H groups in total. The maximum atomic E-state index is 2.68. The van der Waals surface area contributed by atoms with E-state index in [1.807, 2.05) is 0 Å². The second kappa shape index (κ2) is 8.64. The van der Waals surface area contributed by atoms with E-state index in [9.17, 15) is 0 Å². The third-order valence-corrected chi connectivity index (χ3v) is 25.0. The van der Waals surface area contributed by atoms with E-state index in [0.29, 0.717) is 7.25 Å². The summed E-state index contributed by atoms with van der Waals surface area (Å²) >= 11 is -3.25. The molecule has 0 nitrogen and oxygen atoms in total. The van der Waals surface area contributed by atoms with Crippen LogP contribution in [-0.2, 0) is 17.4 Å². The van der Waals surface area contributed by atoms with E-state index in [1.54, 1.807) is 16.7 Å². The molecule has 0 aliphatic heterocycles. The van der Waals surface area contributed by atoms with E-state index >= 15 is 0 Å². The van der Waals surface area contributed by atoms with Crippen LogP contribution in [0.15, 0.2) is 84.4 Å². The van der Waals surface area contributed by atoms with Crippen molar-refractivity contribution in [3.63, 3.8) is 0 Å². The average molecular weight is 545 g/mol. The van der Waals surface area contributed by atoms with Crippen molar-refractivity contribution in [2.45, 2.75) is 23.4 Å². The predicted octanol–water partition coefficient (Wildman–Crippen LogP) is 7.76. The number of hydrogen-bond acceptors (Lipinski definition) is 0. The zero-order chi connectivity index (χ0) is 20.2. The SMILES string of the molecule is CC1=Cc2ccccc2[CH]1[Zr]([CH3])([CH3])(=[SiH2])[CH]1C=Cc2c(-c3ccccc3)cccc21.Cl.Cl. The third kappa shape index (κ3) is 3.91. The number of rotatable bonds is 3. The normalized spacial score (nSPS) is 19.0. The standard InChI is InChI=1S/C15H11.C10H9.2CH3.2ClH.H2Si.Zr/c1-2-6-12(7-3-1)14-10-4-8-13-9-5-11-15(13)14;1-8-6-9-4-2-3-5-10(9)7-8;;;;;;/h1-11H;2-7H,1H3;2*1H3;2*1H;1H2;. The summed E-state index contributed by atoms with van der Waals surface area (Å²) in [5.41, 5.74) is 10.2. The molecular weight excluding hydrogens is 515 g/mol. The van der Waals surface area contributed by atoms with Gasteiger partial charge in [0.15, 0.2) is 0 Å². The second-order valence-electron chi connectivity index (χ2n) is 9.90. The van der Waals surface area contributed by atoms with Gasteiger partial charge in [-0.1, -0.05) is 0 Å². The number of benzene rings is 3. The number of fused-ring (bicyclic) bond motifs is 2. The van der Waals surface area contributed by atoms with Gasteiger partial charge in [-0.3, -0.25) is 0 Å². The summed E-state index contributed by atoms with van der Waals surface area (Å²) in [6.07, 6.45) is 7.40. The minimum Gasteiger partial charge on any atom is -0.147 e. The van der Waals surface area contributed by atoms with E-state index in [0.717, 1.165) is 0 Å². The van der Waals surface area contributed by atoms with Crippen LogP contribution in [0.25, 0.3) is 23.3 Å². The first-order chi connectivity index (χ1) is 13.9. The zero-order valence-corrected chi connectivity index (χ0v) is 23.8. The Morgan fingerprint density at radius 3 is 2.16 bits per heavy atom. The third-order valence-electron chi connectivity index (χ3n) is 7.13. The molecule has 0 spiro atoms. The van der Waals surface area contributed by atoms with Crippen molar-refractivity contribution in [1.29, 1.82) is 0 Å². The van der Waals surface area contributed by atoms with E-state index in [1.165, 1.54) is 22.3 Å². The van der Waals surface area contributed by atoms with Crippen LogP contribution in [0.3, 0.4) is 0 Å². The van der Waals surface area contributed by atoms with Crippen molar-refractivity contribution in [3.05, 3.63) is 107 Å². The van der Waals surface area contributed by atoms with Crippen LogP contribution in [-0.4, -0.2) is 6.88 Å². The van der Waals surface area contributed by atoms with Crippen LogP contribution in [0.1, 0.15) is 36.4 Å². The first-order valence-electron chi connectivity index (χ1n) is 10.6. The van der Waals surface area contributed by atoms with Gasteiger partial charge in [-0.2, -0.15) is 0 Å². The van der Waals surface area contributed by atoms with Gasteiger partial charge in [0, 0.05) is 0 Å². The van der Waals surface area contributed by atoms with Gasteiger partial charge in [0.05, 0.1) is 0 Å². The smallest absolute Gasteiger partial charge is 0.147 e. The van der Waals surface area contributed by atoms with Gasteiger partial charge in [0.1, 0.15) is 0 Å². The molecule has 2 atom stereocenters. The fraction of sp³-hybridized carbons (Fsp3) is 0.185. The molecule has 0 amide bonds. The summed E-state index contributed by atoms with van der Waals surface area (Å²) < 4.78 is 6.56. The largest absolute Gasteiger partial charge is 0.147 e. The van der Waals surface area contributed by atoms with Crippen LogP contribution >= 0.6 is 24.8 Å². The Balaban J connectivity index is 0.00000136. The summed E-state index contributed by atoms with van der Waals surface area (Å²) in [4.78, 5) is 0. The molecule has 0 bridgehead atoms. The fourth-order valence-corrected chi connectivity index (χ4v) is 24.1. The summed E-state index contributed by atoms with van der Waals surface area (Å²) in [6.45, 7) is 4.76. The van der Waals surface area contributed by atoms with Gasteiger partial charge < -0.3 is 0 Å². The molecule has 4 heteroatoms. The van der Waals surface area contributed by atoms with Crippen molar-refractivity contribution >= 4 is 43.8 Å². The Kier molecular flexibility index (Phi) is 6.82. The Morgan fingerprint density at radius 1 is 0.774 bits per heavy atom. The molecule has 3 aromatic carbocycles. The van der Waals surface area contributed by atoms with Crippen molar-refractivity contribution in [1.82, 2.24) is 0 Å². The molecule has 0 radical (unpaired) electrons. The molecule has 0 saturated carbocycles. The Morgan fingerprint density at radius 2 is 1.42 bits per heavy atom. The maximum Gasteiger partial charge on any atom is -0.147 e. The van der Waals surface area contributed by atoms with Crippen LogP contribution < -0.4 is 0 Å². The van der Waals surface area contributed by atoms with Gasteiger partial charge in [-0.25, -0.2) is 0 Å². The van der Waals surface area contributed by atoms with Crippen LogP contribution in [0.5, 0.6) is 0 Å². The predicted molar refractivity (Wildman–Crippen MR) is 141 cm³/mol. The van der Waals surface area contributed by atoms with Crippen LogP contribution in [0.2, 0.25) is 9.26 Å². The summed E-state index contributed by atoms with van der Waals surface area (Å²) in [5.74, 6) is 0. The molecule has 2 aliphatic rings. The maximum absolute atomic E-state index is 3.25. The molecular formula is C27H30Cl2SiZr. The summed E-state index contributed by atoms with van der Waals surface area (Å²) in [6, 6.07) is 26.8. The minimum atomic E-state index is -3.25. The van der Waals surface area contributed by atoms with Gasteiger partial charge in [-0.05, 0) is 0 Å². The van der Waals surface area contributed by atoms with E-state index < -0.39 is 17.4 Å². The Bertz CT molecular complexity index is 1250. The zero-order valence-electron chi connectivity index (χ0n) is 18.3. The number of hydrogen-bond donors (Lipinski definition) is 0. The van der Waals surface area contributed by atoms with E-state index in [-0.39, 0.29) is 24.8 Å². The molecule has 0 saturated heterocycles. The van der Waals surface area contributed by atoms with Gasteiger partial charge in [0.25, 0.3) is 0 Å². The van der Waals surface area contributed by atoms with E-state index in [2.05, 4.69) is 114 Å². The minimum absolute atomic E-state index is 0. The van der Waals surface area contributed by atoms with Crippen molar-refractivity contribution in [2.75, 3.05) is 0 Å². The second-order valence-corrected chi connectivity index (χ2v) is 40.5. The van der Waals surface area contributed by atoms with Crippen LogP contribution in [0.4, 0.5) is 0 Å². The molecule has 160 valence electrons. The van der Waals surface area contributed by atoms with Crippen molar-refractivity contribution in [3.8, 4) is 11.1 Å².